The molecule has 2 aromatic rings. The number of amides is 2. The number of likely N-dealkylation sites (tertiary alicyclic amines) is 1. The average molecular weight is 389 g/mol. The van der Waals surface area contributed by atoms with E-state index in [0.717, 1.165) is 12.1 Å². The van der Waals surface area contributed by atoms with Gasteiger partial charge in [0.05, 0.1) is 16.7 Å². The average Bonchev–Trinajstić information content (AvgIpc) is 3.17. The Kier molecular flexibility index (Phi) is 4.56. The molecule has 3 heterocycles. The first-order valence-corrected chi connectivity index (χ1v) is 9.06. The first kappa shape index (κ1) is 18.5. The van der Waals surface area contributed by atoms with Crippen molar-refractivity contribution in [2.24, 2.45) is 0 Å². The summed E-state index contributed by atoms with van der Waals surface area (Å²) in [6.45, 7) is 1.26. The normalized spacial score (nSPS) is 19.3. The maximum absolute atomic E-state index is 13.0. The minimum Gasteiger partial charge on any atom is -0.352 e. The predicted molar refractivity (Wildman–Crippen MR) is 95.0 cm³/mol. The lowest BCUT2D eigenvalue weighted by Crippen LogP contribution is -2.35. The van der Waals surface area contributed by atoms with E-state index in [1.54, 1.807) is 11.0 Å². The minimum atomic E-state index is -4.39. The third-order valence-corrected chi connectivity index (χ3v) is 5.35. The number of carbonyl (C=O) groups excluding carboxylic acids is 2. The zero-order valence-electron chi connectivity index (χ0n) is 14.9. The molecule has 1 N–H and O–H groups in total. The zero-order valence-corrected chi connectivity index (χ0v) is 14.9. The second-order valence-corrected chi connectivity index (χ2v) is 7.08. The SMILES string of the molecule is O=C1NCCc2c1cncc2C(=O)N1CCC(c2cccc(C(F)(F)F)c2)C1. The molecule has 0 bridgehead atoms. The van der Waals surface area contributed by atoms with Crippen molar-refractivity contribution in [2.75, 3.05) is 19.6 Å². The molecule has 1 aromatic carbocycles. The number of carbonyl (C=O) groups is 2. The van der Waals surface area contributed by atoms with E-state index >= 15 is 0 Å². The van der Waals surface area contributed by atoms with Crippen molar-refractivity contribution >= 4 is 11.8 Å². The van der Waals surface area contributed by atoms with E-state index in [4.69, 9.17) is 0 Å². The van der Waals surface area contributed by atoms with Crippen LogP contribution in [0.5, 0.6) is 0 Å². The molecule has 8 heteroatoms. The van der Waals surface area contributed by atoms with Crippen LogP contribution in [0.2, 0.25) is 0 Å². The second kappa shape index (κ2) is 6.92. The van der Waals surface area contributed by atoms with Crippen LogP contribution in [0.3, 0.4) is 0 Å². The van der Waals surface area contributed by atoms with Crippen LogP contribution in [-0.4, -0.2) is 41.3 Å². The Labute approximate surface area is 159 Å². The molecule has 1 aromatic heterocycles. The van der Waals surface area contributed by atoms with E-state index in [-0.39, 0.29) is 17.7 Å². The number of benzene rings is 1. The van der Waals surface area contributed by atoms with Gasteiger partial charge in [-0.2, -0.15) is 13.2 Å². The summed E-state index contributed by atoms with van der Waals surface area (Å²) in [5.74, 6) is -0.623. The van der Waals surface area contributed by atoms with Gasteiger partial charge in [0.2, 0.25) is 0 Å². The van der Waals surface area contributed by atoms with Crippen LogP contribution in [0.15, 0.2) is 36.7 Å². The summed E-state index contributed by atoms with van der Waals surface area (Å²) in [6, 6.07) is 5.28. The Morgan fingerprint density at radius 1 is 1.25 bits per heavy atom. The molecule has 2 amide bonds. The maximum Gasteiger partial charge on any atom is 0.416 e. The highest BCUT2D eigenvalue weighted by Crippen LogP contribution is 2.34. The Morgan fingerprint density at radius 3 is 2.86 bits per heavy atom. The lowest BCUT2D eigenvalue weighted by atomic mass is 9.96. The van der Waals surface area contributed by atoms with Gasteiger partial charge in [0.15, 0.2) is 0 Å². The molecule has 0 radical (unpaired) electrons. The minimum absolute atomic E-state index is 0.151. The zero-order chi connectivity index (χ0) is 19.9. The maximum atomic E-state index is 13.0. The van der Waals surface area contributed by atoms with Crippen LogP contribution in [-0.2, 0) is 12.6 Å². The monoisotopic (exact) mass is 389 g/mol. The molecule has 5 nitrogen and oxygen atoms in total. The number of aromatic nitrogens is 1. The molecular weight excluding hydrogens is 371 g/mol. The van der Waals surface area contributed by atoms with E-state index in [2.05, 4.69) is 10.3 Å². The van der Waals surface area contributed by atoms with Gasteiger partial charge in [-0.05, 0) is 30.0 Å². The highest BCUT2D eigenvalue weighted by atomic mass is 19.4. The van der Waals surface area contributed by atoms with Crippen LogP contribution >= 0.6 is 0 Å². The standard InChI is InChI=1S/C20H18F3N3O2/c21-20(22,23)14-3-1-2-12(8-14)13-5-7-26(11-13)19(28)17-10-24-9-16-15(17)4-6-25-18(16)27/h1-3,8-10,13H,4-7,11H2,(H,25,27). The molecular formula is C20H18F3N3O2. The Hall–Kier alpha value is -2.90. The van der Waals surface area contributed by atoms with Gasteiger partial charge in [-0.25, -0.2) is 0 Å². The van der Waals surface area contributed by atoms with Gasteiger partial charge in [-0.3, -0.25) is 14.6 Å². The van der Waals surface area contributed by atoms with Crippen molar-refractivity contribution < 1.29 is 22.8 Å². The summed E-state index contributed by atoms with van der Waals surface area (Å²) < 4.78 is 38.9. The number of hydrogen-bond donors (Lipinski definition) is 1. The largest absolute Gasteiger partial charge is 0.416 e. The highest BCUT2D eigenvalue weighted by molar-refractivity contribution is 6.02. The number of fused-ring (bicyclic) bond motifs is 1. The first-order chi connectivity index (χ1) is 13.3. The van der Waals surface area contributed by atoms with Gasteiger partial charge in [0, 0.05) is 37.9 Å². The molecule has 1 fully saturated rings. The van der Waals surface area contributed by atoms with Crippen LogP contribution in [0.4, 0.5) is 13.2 Å². The molecule has 1 atom stereocenters. The lowest BCUT2D eigenvalue weighted by Gasteiger charge is -2.22. The van der Waals surface area contributed by atoms with Crippen molar-refractivity contribution in [3.63, 3.8) is 0 Å². The molecule has 0 aliphatic carbocycles. The Balaban J connectivity index is 1.55. The fraction of sp³-hybridized carbons (Fsp3) is 0.350. The smallest absolute Gasteiger partial charge is 0.352 e. The molecule has 146 valence electrons. The lowest BCUT2D eigenvalue weighted by molar-refractivity contribution is -0.137. The molecule has 4 rings (SSSR count). The molecule has 28 heavy (non-hydrogen) atoms. The van der Waals surface area contributed by atoms with Crippen LogP contribution in [0.25, 0.3) is 0 Å². The van der Waals surface area contributed by atoms with E-state index in [0.29, 0.717) is 54.7 Å². The van der Waals surface area contributed by atoms with Gasteiger partial charge in [0.25, 0.3) is 11.8 Å². The molecule has 2 aliphatic rings. The van der Waals surface area contributed by atoms with Crippen molar-refractivity contribution in [1.29, 1.82) is 0 Å². The third kappa shape index (κ3) is 3.34. The van der Waals surface area contributed by atoms with E-state index in [9.17, 15) is 22.8 Å². The summed E-state index contributed by atoms with van der Waals surface area (Å²) in [7, 11) is 0. The van der Waals surface area contributed by atoms with Crippen LogP contribution in [0, 0.1) is 0 Å². The predicted octanol–water partition coefficient (Wildman–Crippen LogP) is 3.02. The van der Waals surface area contributed by atoms with Crippen molar-refractivity contribution in [3.8, 4) is 0 Å². The summed E-state index contributed by atoms with van der Waals surface area (Å²) in [5.41, 5.74) is 1.40. The Morgan fingerprint density at radius 2 is 2.07 bits per heavy atom. The van der Waals surface area contributed by atoms with Gasteiger partial charge in [0.1, 0.15) is 0 Å². The van der Waals surface area contributed by atoms with Crippen molar-refractivity contribution in [1.82, 2.24) is 15.2 Å². The molecule has 1 unspecified atom stereocenters. The fourth-order valence-corrected chi connectivity index (χ4v) is 3.89. The molecule has 1 saturated heterocycles. The number of halogens is 3. The molecule has 2 aliphatic heterocycles. The molecule has 0 spiro atoms. The van der Waals surface area contributed by atoms with E-state index in [1.165, 1.54) is 18.5 Å². The number of nitrogens with zero attached hydrogens (tertiary/aromatic N) is 2. The number of rotatable bonds is 2. The Bertz CT molecular complexity index is 943. The summed E-state index contributed by atoms with van der Waals surface area (Å²) >= 11 is 0. The summed E-state index contributed by atoms with van der Waals surface area (Å²) in [6.07, 6.45) is -0.321. The van der Waals surface area contributed by atoms with Gasteiger partial charge in [-0.15, -0.1) is 0 Å². The van der Waals surface area contributed by atoms with Crippen molar-refractivity contribution in [3.05, 3.63) is 64.5 Å². The second-order valence-electron chi connectivity index (χ2n) is 7.08. The first-order valence-electron chi connectivity index (χ1n) is 9.06. The van der Waals surface area contributed by atoms with Gasteiger partial charge >= 0.3 is 6.18 Å². The highest BCUT2D eigenvalue weighted by Gasteiger charge is 2.34. The van der Waals surface area contributed by atoms with Crippen molar-refractivity contribution in [2.45, 2.75) is 24.9 Å². The molecule has 0 saturated carbocycles. The number of hydrogen-bond acceptors (Lipinski definition) is 3. The summed E-state index contributed by atoms with van der Waals surface area (Å²) in [5, 5.41) is 2.72. The van der Waals surface area contributed by atoms with E-state index < -0.39 is 11.7 Å². The fourth-order valence-electron chi connectivity index (χ4n) is 3.89. The number of alkyl halides is 3. The van der Waals surface area contributed by atoms with E-state index in [1.807, 2.05) is 0 Å². The van der Waals surface area contributed by atoms with Crippen LogP contribution < -0.4 is 5.32 Å². The van der Waals surface area contributed by atoms with Gasteiger partial charge < -0.3 is 10.2 Å². The van der Waals surface area contributed by atoms with Gasteiger partial charge in [-0.1, -0.05) is 18.2 Å². The summed E-state index contributed by atoms with van der Waals surface area (Å²) in [4.78, 5) is 30.6. The quantitative estimate of drug-likeness (QED) is 0.859. The van der Waals surface area contributed by atoms with Crippen LogP contribution in [0.1, 0.15) is 49.7 Å². The topological polar surface area (TPSA) is 62.3 Å². The third-order valence-electron chi connectivity index (χ3n) is 5.35. The number of pyridine rings is 1. The number of nitrogens with one attached hydrogen (secondary N) is 1.